The minimum Gasteiger partial charge on any atom is -0.351 e. The number of rotatable bonds is 2. The molecule has 2 rings (SSSR count). The zero-order valence-electron chi connectivity index (χ0n) is 10.4. The highest BCUT2D eigenvalue weighted by Gasteiger charge is 2.44. The highest BCUT2D eigenvalue weighted by molar-refractivity contribution is 5.72. The Hall–Kier alpha value is -0.770. The summed E-state index contributed by atoms with van der Waals surface area (Å²) in [6.45, 7) is 9.88. The standard InChI is InChI=1S/C12H23N3O/c1-10(2)7-14-8-12(9-14)3-5-15(6-4-12)11(13)16/h10H,3-9H2,1-2H3,(H2,13,16). The van der Waals surface area contributed by atoms with Crippen LogP contribution in [-0.4, -0.2) is 48.6 Å². The Bertz CT molecular complexity index is 261. The molecule has 4 heteroatoms. The number of amides is 2. The lowest BCUT2D eigenvalue weighted by atomic mass is 9.72. The number of hydrogen-bond acceptors (Lipinski definition) is 2. The fraction of sp³-hybridized carbons (Fsp3) is 0.917. The molecule has 0 aromatic rings. The molecule has 2 aliphatic rings. The van der Waals surface area contributed by atoms with Gasteiger partial charge in [0, 0.05) is 32.7 Å². The molecule has 2 fully saturated rings. The first kappa shape index (κ1) is 11.7. The largest absolute Gasteiger partial charge is 0.351 e. The summed E-state index contributed by atoms with van der Waals surface area (Å²) in [6, 6.07) is -0.256. The van der Waals surface area contributed by atoms with Crippen molar-refractivity contribution in [3.63, 3.8) is 0 Å². The van der Waals surface area contributed by atoms with Crippen LogP contribution < -0.4 is 5.73 Å². The van der Waals surface area contributed by atoms with E-state index in [2.05, 4.69) is 18.7 Å². The van der Waals surface area contributed by atoms with E-state index in [0.717, 1.165) is 31.8 Å². The highest BCUT2D eigenvalue weighted by atomic mass is 16.2. The molecule has 4 nitrogen and oxygen atoms in total. The van der Waals surface area contributed by atoms with E-state index in [0.29, 0.717) is 5.41 Å². The van der Waals surface area contributed by atoms with Crippen LogP contribution in [0.2, 0.25) is 0 Å². The van der Waals surface area contributed by atoms with Crippen LogP contribution in [0.25, 0.3) is 0 Å². The molecule has 2 aliphatic heterocycles. The third-order valence-electron chi connectivity index (χ3n) is 3.88. The van der Waals surface area contributed by atoms with Crippen molar-refractivity contribution in [1.82, 2.24) is 9.80 Å². The molecule has 2 amide bonds. The Morgan fingerprint density at radius 2 is 1.88 bits per heavy atom. The lowest BCUT2D eigenvalue weighted by Gasteiger charge is -2.54. The Kier molecular flexibility index (Phi) is 3.10. The highest BCUT2D eigenvalue weighted by Crippen LogP contribution is 2.40. The normalized spacial score (nSPS) is 24.8. The van der Waals surface area contributed by atoms with Gasteiger partial charge in [-0.3, -0.25) is 0 Å². The number of nitrogens with zero attached hydrogens (tertiary/aromatic N) is 2. The first-order valence-corrected chi connectivity index (χ1v) is 6.27. The van der Waals surface area contributed by atoms with Crippen molar-refractivity contribution < 1.29 is 4.79 Å². The number of nitrogens with two attached hydrogens (primary N) is 1. The second-order valence-corrected chi connectivity index (χ2v) is 5.89. The van der Waals surface area contributed by atoms with E-state index in [4.69, 9.17) is 5.73 Å². The van der Waals surface area contributed by atoms with Crippen molar-refractivity contribution in [3.8, 4) is 0 Å². The van der Waals surface area contributed by atoms with E-state index in [1.165, 1.54) is 19.6 Å². The maximum atomic E-state index is 11.0. The summed E-state index contributed by atoms with van der Waals surface area (Å²) >= 11 is 0. The van der Waals surface area contributed by atoms with Crippen molar-refractivity contribution in [2.24, 2.45) is 17.1 Å². The van der Waals surface area contributed by atoms with Crippen LogP contribution in [0, 0.1) is 11.3 Å². The van der Waals surface area contributed by atoms with E-state index in [1.54, 1.807) is 4.90 Å². The van der Waals surface area contributed by atoms with Crippen LogP contribution in [0.5, 0.6) is 0 Å². The summed E-state index contributed by atoms with van der Waals surface area (Å²) in [6.07, 6.45) is 2.26. The Morgan fingerprint density at radius 3 is 2.31 bits per heavy atom. The molecule has 0 aliphatic carbocycles. The second kappa shape index (κ2) is 4.24. The molecule has 0 aromatic heterocycles. The van der Waals surface area contributed by atoms with Gasteiger partial charge in [-0.1, -0.05) is 13.8 Å². The molecular formula is C12H23N3O. The Labute approximate surface area is 97.8 Å². The van der Waals surface area contributed by atoms with Crippen molar-refractivity contribution in [2.45, 2.75) is 26.7 Å². The number of urea groups is 1. The molecule has 0 unspecified atom stereocenters. The topological polar surface area (TPSA) is 49.6 Å². The van der Waals surface area contributed by atoms with Gasteiger partial charge in [0.15, 0.2) is 0 Å². The van der Waals surface area contributed by atoms with Gasteiger partial charge < -0.3 is 15.5 Å². The van der Waals surface area contributed by atoms with Crippen molar-refractivity contribution in [2.75, 3.05) is 32.7 Å². The maximum Gasteiger partial charge on any atom is 0.314 e. The summed E-state index contributed by atoms with van der Waals surface area (Å²) in [5, 5.41) is 0. The number of primary amides is 1. The van der Waals surface area contributed by atoms with E-state index in [9.17, 15) is 4.79 Å². The van der Waals surface area contributed by atoms with Crippen molar-refractivity contribution in [3.05, 3.63) is 0 Å². The van der Waals surface area contributed by atoms with Crippen LogP contribution in [0.3, 0.4) is 0 Å². The number of carbonyl (C=O) groups is 1. The monoisotopic (exact) mass is 225 g/mol. The summed E-state index contributed by atoms with van der Waals surface area (Å²) in [5.41, 5.74) is 5.79. The molecule has 0 atom stereocenters. The minimum absolute atomic E-state index is 0.256. The second-order valence-electron chi connectivity index (χ2n) is 5.89. The van der Waals surface area contributed by atoms with Crippen molar-refractivity contribution in [1.29, 1.82) is 0 Å². The first-order chi connectivity index (χ1) is 7.51. The average Bonchev–Trinajstić information content (AvgIpc) is 2.15. The fourth-order valence-electron chi connectivity index (χ4n) is 3.07. The smallest absolute Gasteiger partial charge is 0.314 e. The lowest BCUT2D eigenvalue weighted by molar-refractivity contribution is -0.0440. The number of carbonyl (C=O) groups excluding carboxylic acids is 1. The van der Waals surface area contributed by atoms with Crippen LogP contribution in [-0.2, 0) is 0 Å². The van der Waals surface area contributed by atoms with Gasteiger partial charge in [-0.25, -0.2) is 4.79 Å². The number of likely N-dealkylation sites (tertiary alicyclic amines) is 2. The Morgan fingerprint density at radius 1 is 1.31 bits per heavy atom. The zero-order valence-corrected chi connectivity index (χ0v) is 10.4. The minimum atomic E-state index is -0.256. The summed E-state index contributed by atoms with van der Waals surface area (Å²) < 4.78 is 0. The summed E-state index contributed by atoms with van der Waals surface area (Å²) in [4.78, 5) is 15.3. The molecule has 92 valence electrons. The van der Waals surface area contributed by atoms with Crippen molar-refractivity contribution >= 4 is 6.03 Å². The molecular weight excluding hydrogens is 202 g/mol. The van der Waals surface area contributed by atoms with E-state index < -0.39 is 0 Å². The molecule has 0 saturated carbocycles. The molecule has 0 radical (unpaired) electrons. The molecule has 2 heterocycles. The average molecular weight is 225 g/mol. The molecule has 16 heavy (non-hydrogen) atoms. The maximum absolute atomic E-state index is 11.0. The first-order valence-electron chi connectivity index (χ1n) is 6.27. The Balaban J connectivity index is 1.76. The van der Waals surface area contributed by atoms with Gasteiger partial charge in [-0.15, -0.1) is 0 Å². The zero-order chi connectivity index (χ0) is 11.8. The van der Waals surface area contributed by atoms with E-state index in [1.807, 2.05) is 0 Å². The lowest BCUT2D eigenvalue weighted by Crippen LogP contribution is -2.61. The van der Waals surface area contributed by atoms with Crippen LogP contribution in [0.15, 0.2) is 0 Å². The number of hydrogen-bond donors (Lipinski definition) is 1. The van der Waals surface area contributed by atoms with Crippen LogP contribution in [0.1, 0.15) is 26.7 Å². The van der Waals surface area contributed by atoms with Gasteiger partial charge in [0.2, 0.25) is 0 Å². The third kappa shape index (κ3) is 2.32. The SMILES string of the molecule is CC(C)CN1CC2(CCN(C(N)=O)CC2)C1. The quantitative estimate of drug-likeness (QED) is 0.765. The summed E-state index contributed by atoms with van der Waals surface area (Å²) in [7, 11) is 0. The fourth-order valence-corrected chi connectivity index (χ4v) is 3.07. The van der Waals surface area contributed by atoms with E-state index in [-0.39, 0.29) is 6.03 Å². The van der Waals surface area contributed by atoms with Gasteiger partial charge in [-0.2, -0.15) is 0 Å². The third-order valence-corrected chi connectivity index (χ3v) is 3.88. The van der Waals surface area contributed by atoms with Crippen LogP contribution >= 0.6 is 0 Å². The van der Waals surface area contributed by atoms with Gasteiger partial charge in [0.25, 0.3) is 0 Å². The molecule has 0 aromatic carbocycles. The molecule has 2 saturated heterocycles. The van der Waals surface area contributed by atoms with Crippen LogP contribution in [0.4, 0.5) is 4.79 Å². The predicted molar refractivity (Wildman–Crippen MR) is 64.1 cm³/mol. The molecule has 0 bridgehead atoms. The van der Waals surface area contributed by atoms with Gasteiger partial charge in [0.1, 0.15) is 0 Å². The van der Waals surface area contributed by atoms with Gasteiger partial charge >= 0.3 is 6.03 Å². The van der Waals surface area contributed by atoms with Gasteiger partial charge in [0.05, 0.1) is 0 Å². The van der Waals surface area contributed by atoms with E-state index >= 15 is 0 Å². The molecule has 2 N–H and O–H groups in total. The summed E-state index contributed by atoms with van der Waals surface area (Å²) in [5.74, 6) is 0.753. The van der Waals surface area contributed by atoms with Gasteiger partial charge in [-0.05, 0) is 24.2 Å². The molecule has 1 spiro atoms. The number of piperidine rings is 1. The predicted octanol–water partition coefficient (Wildman–Crippen LogP) is 1.12.